The second-order valence-electron chi connectivity index (χ2n) is 4.91. The third-order valence-electron chi connectivity index (χ3n) is 3.93. The second-order valence-corrected chi connectivity index (χ2v) is 8.11. The van der Waals surface area contributed by atoms with Crippen LogP contribution in [0.1, 0.15) is 26.2 Å². The van der Waals surface area contributed by atoms with Gasteiger partial charge in [-0.05, 0) is 25.2 Å². The van der Waals surface area contributed by atoms with Gasteiger partial charge in [0.1, 0.15) is 0 Å². The highest BCUT2D eigenvalue weighted by atomic mass is 79.9. The van der Waals surface area contributed by atoms with Gasteiger partial charge in [-0.1, -0.05) is 54.7 Å². The van der Waals surface area contributed by atoms with E-state index in [1.807, 2.05) is 6.92 Å². The van der Waals surface area contributed by atoms with Gasteiger partial charge in [-0.25, -0.2) is 0 Å². The standard InChI is InChI=1S/C11H13Br3O2/c1-11-4-7(13)9(15)8(14)5(11)2-3-6(12)10(11)16/h5-8H,2-4H2,1H3/t5-,6-,7+,8-,11+/m1/s1. The van der Waals surface area contributed by atoms with E-state index in [-0.39, 0.29) is 37.4 Å². The molecular weight excluding hydrogens is 404 g/mol. The van der Waals surface area contributed by atoms with E-state index in [1.165, 1.54) is 0 Å². The average molecular weight is 417 g/mol. The van der Waals surface area contributed by atoms with E-state index in [2.05, 4.69) is 47.8 Å². The summed E-state index contributed by atoms with van der Waals surface area (Å²) in [6, 6.07) is 0. The number of halogens is 3. The van der Waals surface area contributed by atoms with E-state index in [0.717, 1.165) is 12.8 Å². The Labute approximate surface area is 120 Å². The highest BCUT2D eigenvalue weighted by Crippen LogP contribution is 2.51. The molecule has 5 atom stereocenters. The summed E-state index contributed by atoms with van der Waals surface area (Å²) in [5.74, 6) is 0.587. The van der Waals surface area contributed by atoms with Crippen LogP contribution >= 0.6 is 47.8 Å². The Hall–Kier alpha value is 0.780. The minimum absolute atomic E-state index is 0.0404. The average Bonchev–Trinajstić information content (AvgIpc) is 2.23. The summed E-state index contributed by atoms with van der Waals surface area (Å²) in [6.45, 7) is 2.00. The predicted molar refractivity (Wildman–Crippen MR) is 73.6 cm³/mol. The largest absolute Gasteiger partial charge is 0.298 e. The van der Waals surface area contributed by atoms with E-state index in [9.17, 15) is 9.59 Å². The Bertz CT molecular complexity index is 344. The molecule has 2 aliphatic rings. The molecule has 0 saturated heterocycles. The van der Waals surface area contributed by atoms with Crippen molar-refractivity contribution in [2.45, 2.75) is 40.7 Å². The number of fused-ring (bicyclic) bond motifs is 1. The van der Waals surface area contributed by atoms with Crippen LogP contribution in [0.15, 0.2) is 0 Å². The molecule has 0 aromatic rings. The molecule has 0 spiro atoms. The highest BCUT2D eigenvalue weighted by molar-refractivity contribution is 9.10. The van der Waals surface area contributed by atoms with Gasteiger partial charge in [0.15, 0.2) is 11.6 Å². The molecular formula is C11H13Br3O2. The lowest BCUT2D eigenvalue weighted by Crippen LogP contribution is -2.55. The van der Waals surface area contributed by atoms with E-state index in [1.54, 1.807) is 0 Å². The third kappa shape index (κ3) is 1.87. The van der Waals surface area contributed by atoms with E-state index in [0.29, 0.717) is 6.42 Å². The summed E-state index contributed by atoms with van der Waals surface area (Å²) < 4.78 is 0. The van der Waals surface area contributed by atoms with Crippen molar-refractivity contribution >= 4 is 59.4 Å². The van der Waals surface area contributed by atoms with Gasteiger partial charge >= 0.3 is 0 Å². The molecule has 90 valence electrons. The van der Waals surface area contributed by atoms with Crippen LogP contribution in [0.25, 0.3) is 0 Å². The first-order valence-corrected chi connectivity index (χ1v) is 8.13. The number of hydrogen-bond acceptors (Lipinski definition) is 2. The Morgan fingerprint density at radius 2 is 1.75 bits per heavy atom. The number of ketones is 2. The van der Waals surface area contributed by atoms with Crippen LogP contribution < -0.4 is 0 Å². The van der Waals surface area contributed by atoms with Crippen molar-refractivity contribution in [3.8, 4) is 0 Å². The van der Waals surface area contributed by atoms with Crippen LogP contribution in [0.3, 0.4) is 0 Å². The first-order valence-electron chi connectivity index (χ1n) is 5.38. The quantitative estimate of drug-likeness (QED) is 0.568. The van der Waals surface area contributed by atoms with Crippen LogP contribution in [-0.4, -0.2) is 26.0 Å². The third-order valence-corrected chi connectivity index (χ3v) is 6.67. The summed E-state index contributed by atoms with van der Waals surface area (Å²) in [6.07, 6.45) is 2.39. The van der Waals surface area contributed by atoms with Crippen LogP contribution in [0, 0.1) is 11.3 Å². The fourth-order valence-corrected chi connectivity index (χ4v) is 6.15. The molecule has 0 aliphatic heterocycles. The smallest absolute Gasteiger partial charge is 0.160 e. The predicted octanol–water partition coefficient (Wildman–Crippen LogP) is 3.24. The SMILES string of the molecule is C[C@]12C[C@H](Br)C(=O)[C@H](Br)[C@H]1CC[C@@H](Br)C2=O. The van der Waals surface area contributed by atoms with Gasteiger partial charge in [0.05, 0.1) is 14.5 Å². The highest BCUT2D eigenvalue weighted by Gasteiger charge is 2.55. The zero-order chi connectivity index (χ0) is 12.1. The molecule has 0 aromatic carbocycles. The maximum atomic E-state index is 12.3. The van der Waals surface area contributed by atoms with Crippen LogP contribution in [0.2, 0.25) is 0 Å². The number of carbonyl (C=O) groups excluding carboxylic acids is 2. The first-order chi connectivity index (χ1) is 7.38. The number of carbonyl (C=O) groups is 2. The van der Waals surface area contributed by atoms with Crippen molar-refractivity contribution in [3.63, 3.8) is 0 Å². The molecule has 0 bridgehead atoms. The molecule has 0 amide bonds. The molecule has 16 heavy (non-hydrogen) atoms. The molecule has 2 aliphatic carbocycles. The Morgan fingerprint density at radius 1 is 1.12 bits per heavy atom. The van der Waals surface area contributed by atoms with Crippen molar-refractivity contribution in [1.82, 2.24) is 0 Å². The normalized spacial score (nSPS) is 49.0. The molecule has 0 radical (unpaired) electrons. The number of Topliss-reactive ketones (excluding diaryl/α,β-unsaturated/α-hetero) is 2. The van der Waals surface area contributed by atoms with Crippen molar-refractivity contribution in [3.05, 3.63) is 0 Å². The lowest BCUT2D eigenvalue weighted by Gasteiger charge is -2.48. The molecule has 5 heteroatoms. The lowest BCUT2D eigenvalue weighted by atomic mass is 9.59. The maximum absolute atomic E-state index is 12.3. The zero-order valence-corrected chi connectivity index (χ0v) is 13.6. The van der Waals surface area contributed by atoms with Crippen LogP contribution in [-0.2, 0) is 9.59 Å². The molecule has 0 unspecified atom stereocenters. The van der Waals surface area contributed by atoms with Crippen molar-refractivity contribution in [1.29, 1.82) is 0 Å². The summed E-state index contributed by atoms with van der Waals surface area (Å²) in [5, 5.41) is 0. The fraction of sp³-hybridized carbons (Fsp3) is 0.818. The number of rotatable bonds is 0. The van der Waals surface area contributed by atoms with Gasteiger partial charge in [0, 0.05) is 5.41 Å². The van der Waals surface area contributed by atoms with Gasteiger partial charge in [-0.2, -0.15) is 0 Å². The summed E-state index contributed by atoms with van der Waals surface area (Å²) in [7, 11) is 0. The molecule has 2 nitrogen and oxygen atoms in total. The number of alkyl halides is 3. The topological polar surface area (TPSA) is 34.1 Å². The Kier molecular flexibility index (Phi) is 3.69. The van der Waals surface area contributed by atoms with Gasteiger partial charge < -0.3 is 0 Å². The summed E-state index contributed by atoms with van der Waals surface area (Å²) in [4.78, 5) is 23.8. The summed E-state index contributed by atoms with van der Waals surface area (Å²) in [5.41, 5.74) is -0.372. The summed E-state index contributed by atoms with van der Waals surface area (Å²) >= 11 is 10.3. The van der Waals surface area contributed by atoms with Gasteiger partial charge in [-0.3, -0.25) is 9.59 Å². The van der Waals surface area contributed by atoms with Crippen LogP contribution in [0.4, 0.5) is 0 Å². The maximum Gasteiger partial charge on any atom is 0.160 e. The monoisotopic (exact) mass is 414 g/mol. The molecule has 0 heterocycles. The molecule has 0 N–H and O–H groups in total. The van der Waals surface area contributed by atoms with Gasteiger partial charge in [-0.15, -0.1) is 0 Å². The second kappa shape index (κ2) is 4.47. The van der Waals surface area contributed by atoms with Gasteiger partial charge in [0.25, 0.3) is 0 Å². The van der Waals surface area contributed by atoms with Crippen molar-refractivity contribution < 1.29 is 9.59 Å². The fourth-order valence-electron chi connectivity index (χ4n) is 2.88. The van der Waals surface area contributed by atoms with E-state index < -0.39 is 0 Å². The van der Waals surface area contributed by atoms with Gasteiger partial charge in [0.2, 0.25) is 0 Å². The molecule has 0 aromatic heterocycles. The van der Waals surface area contributed by atoms with Crippen molar-refractivity contribution in [2.24, 2.45) is 11.3 Å². The van der Waals surface area contributed by atoms with E-state index in [4.69, 9.17) is 0 Å². The minimum Gasteiger partial charge on any atom is -0.298 e. The number of hydrogen-bond donors (Lipinski definition) is 0. The first kappa shape index (κ1) is 13.2. The molecule has 2 fully saturated rings. The Morgan fingerprint density at radius 3 is 2.38 bits per heavy atom. The molecule has 2 rings (SSSR count). The lowest BCUT2D eigenvalue weighted by molar-refractivity contribution is -0.138. The zero-order valence-electron chi connectivity index (χ0n) is 8.88. The molecule has 2 saturated carbocycles. The minimum atomic E-state index is -0.372. The Balaban J connectivity index is 2.36. The van der Waals surface area contributed by atoms with E-state index >= 15 is 0 Å². The van der Waals surface area contributed by atoms with Crippen LogP contribution in [0.5, 0.6) is 0 Å². The van der Waals surface area contributed by atoms with Crippen molar-refractivity contribution in [2.75, 3.05) is 0 Å².